The van der Waals surface area contributed by atoms with Crippen LogP contribution in [-0.2, 0) is 6.54 Å². The quantitative estimate of drug-likeness (QED) is 0.266. The SMILES string of the molecule is CCN(CC)C(=O)Oc1ccc2c(ccn2Cc2ccc(Cl)cc2)c1NC(=O)c1ccc(OC)c(OC)c1. The molecule has 0 unspecified atom stereocenters. The first kappa shape index (κ1) is 26.9. The second kappa shape index (κ2) is 11.9. The molecule has 0 saturated carbocycles. The van der Waals surface area contributed by atoms with Gasteiger partial charge < -0.3 is 29.0 Å². The Balaban J connectivity index is 1.73. The molecular weight excluding hydrogens is 506 g/mol. The van der Waals surface area contributed by atoms with E-state index in [2.05, 4.69) is 9.88 Å². The first-order valence-electron chi connectivity index (χ1n) is 12.2. The Kier molecular flexibility index (Phi) is 8.43. The zero-order valence-corrected chi connectivity index (χ0v) is 22.5. The second-order valence-corrected chi connectivity index (χ2v) is 8.94. The van der Waals surface area contributed by atoms with Gasteiger partial charge in [0, 0.05) is 41.8 Å². The van der Waals surface area contributed by atoms with Gasteiger partial charge in [-0.15, -0.1) is 0 Å². The molecule has 9 heteroatoms. The van der Waals surface area contributed by atoms with E-state index in [1.807, 2.05) is 56.4 Å². The van der Waals surface area contributed by atoms with Crippen LogP contribution < -0.4 is 19.5 Å². The summed E-state index contributed by atoms with van der Waals surface area (Å²) in [6.07, 6.45) is 1.44. The van der Waals surface area contributed by atoms with Crippen LogP contribution in [0.1, 0.15) is 29.8 Å². The predicted molar refractivity (Wildman–Crippen MR) is 149 cm³/mol. The topological polar surface area (TPSA) is 82.0 Å². The molecule has 0 bridgehead atoms. The van der Waals surface area contributed by atoms with E-state index in [1.165, 1.54) is 14.2 Å². The number of nitrogens with zero attached hydrogens (tertiary/aromatic N) is 2. The maximum Gasteiger partial charge on any atom is 0.415 e. The first-order valence-corrected chi connectivity index (χ1v) is 12.6. The number of carbonyl (C=O) groups is 2. The van der Waals surface area contributed by atoms with Crippen LogP contribution in [0.4, 0.5) is 10.5 Å². The Hall–Kier alpha value is -4.17. The number of rotatable bonds is 9. The van der Waals surface area contributed by atoms with Crippen LogP contribution in [0.15, 0.2) is 66.9 Å². The van der Waals surface area contributed by atoms with E-state index in [9.17, 15) is 9.59 Å². The average Bonchev–Trinajstić information content (AvgIpc) is 3.34. The minimum absolute atomic E-state index is 0.257. The fourth-order valence-corrected chi connectivity index (χ4v) is 4.32. The van der Waals surface area contributed by atoms with Crippen molar-refractivity contribution in [1.82, 2.24) is 9.47 Å². The van der Waals surface area contributed by atoms with Crippen LogP contribution in [-0.4, -0.2) is 48.8 Å². The summed E-state index contributed by atoms with van der Waals surface area (Å²) in [5.41, 5.74) is 2.70. The van der Waals surface area contributed by atoms with Crippen LogP contribution in [0.25, 0.3) is 10.9 Å². The number of anilines is 1. The van der Waals surface area contributed by atoms with E-state index in [1.54, 1.807) is 29.2 Å². The maximum absolute atomic E-state index is 13.4. The summed E-state index contributed by atoms with van der Waals surface area (Å²) < 4.78 is 18.4. The van der Waals surface area contributed by atoms with E-state index in [-0.39, 0.29) is 11.7 Å². The van der Waals surface area contributed by atoms with Crippen LogP contribution in [0, 0.1) is 0 Å². The molecule has 8 nitrogen and oxygen atoms in total. The number of fused-ring (bicyclic) bond motifs is 1. The summed E-state index contributed by atoms with van der Waals surface area (Å²) in [5, 5.41) is 4.37. The molecule has 0 aliphatic heterocycles. The standard InChI is InChI=1S/C29H30ClN3O5/c1-5-32(6-2)29(35)38-25-14-12-23-22(15-16-33(23)18-19-7-10-21(30)11-8-19)27(25)31-28(34)20-9-13-24(36-3)26(17-20)37-4/h7-17H,5-6,18H2,1-4H3,(H,31,34). The molecule has 0 aliphatic rings. The zero-order valence-electron chi connectivity index (χ0n) is 21.8. The fourth-order valence-electron chi connectivity index (χ4n) is 4.19. The molecule has 1 N–H and O–H groups in total. The molecule has 0 spiro atoms. The van der Waals surface area contributed by atoms with Gasteiger partial charge in [-0.2, -0.15) is 0 Å². The Bertz CT molecular complexity index is 1440. The molecule has 4 aromatic rings. The highest BCUT2D eigenvalue weighted by molar-refractivity contribution is 6.30. The minimum Gasteiger partial charge on any atom is -0.493 e. The molecule has 0 saturated heterocycles. The van der Waals surface area contributed by atoms with E-state index >= 15 is 0 Å². The first-order chi connectivity index (χ1) is 18.4. The zero-order chi connectivity index (χ0) is 27.2. The van der Waals surface area contributed by atoms with Gasteiger partial charge in [0.05, 0.1) is 25.4 Å². The van der Waals surface area contributed by atoms with Gasteiger partial charge in [-0.25, -0.2) is 4.79 Å². The van der Waals surface area contributed by atoms with E-state index in [0.717, 1.165) is 16.5 Å². The number of ether oxygens (including phenoxy) is 3. The van der Waals surface area contributed by atoms with Gasteiger partial charge in [-0.1, -0.05) is 23.7 Å². The molecule has 0 atom stereocenters. The molecule has 2 amide bonds. The third-order valence-electron chi connectivity index (χ3n) is 6.28. The van der Waals surface area contributed by atoms with Crippen molar-refractivity contribution in [3.05, 3.63) is 83.0 Å². The molecule has 1 aromatic heterocycles. The largest absolute Gasteiger partial charge is 0.493 e. The number of methoxy groups -OCH3 is 2. The van der Waals surface area contributed by atoms with Crippen molar-refractivity contribution >= 4 is 40.2 Å². The summed E-state index contributed by atoms with van der Waals surface area (Å²) >= 11 is 6.04. The van der Waals surface area contributed by atoms with Crippen LogP contribution in [0.3, 0.4) is 0 Å². The van der Waals surface area contributed by atoms with Gasteiger partial charge in [0.2, 0.25) is 0 Å². The highest BCUT2D eigenvalue weighted by Gasteiger charge is 2.21. The summed E-state index contributed by atoms with van der Waals surface area (Å²) in [6, 6.07) is 18.0. The van der Waals surface area contributed by atoms with Gasteiger partial charge in [-0.3, -0.25) is 4.79 Å². The Labute approximate surface area is 226 Å². The van der Waals surface area contributed by atoms with Gasteiger partial charge >= 0.3 is 6.09 Å². The van der Waals surface area contributed by atoms with Crippen molar-refractivity contribution in [1.29, 1.82) is 0 Å². The molecule has 0 radical (unpaired) electrons. The highest BCUT2D eigenvalue weighted by Crippen LogP contribution is 2.36. The van der Waals surface area contributed by atoms with Crippen molar-refractivity contribution < 1.29 is 23.8 Å². The van der Waals surface area contributed by atoms with E-state index < -0.39 is 6.09 Å². The third-order valence-corrected chi connectivity index (χ3v) is 6.54. The van der Waals surface area contributed by atoms with Crippen molar-refractivity contribution in [2.75, 3.05) is 32.6 Å². The molecule has 1 heterocycles. The molecule has 198 valence electrons. The highest BCUT2D eigenvalue weighted by atomic mass is 35.5. The van der Waals surface area contributed by atoms with Gasteiger partial charge in [0.25, 0.3) is 5.91 Å². The van der Waals surface area contributed by atoms with Crippen LogP contribution in [0.5, 0.6) is 17.2 Å². The van der Waals surface area contributed by atoms with Gasteiger partial charge in [0.1, 0.15) is 0 Å². The third kappa shape index (κ3) is 5.70. The lowest BCUT2D eigenvalue weighted by Gasteiger charge is -2.20. The smallest absolute Gasteiger partial charge is 0.415 e. The summed E-state index contributed by atoms with van der Waals surface area (Å²) in [7, 11) is 3.04. The maximum atomic E-state index is 13.4. The van der Waals surface area contributed by atoms with Gasteiger partial charge in [0.15, 0.2) is 17.2 Å². The number of benzene rings is 3. The Morgan fingerprint density at radius 1 is 0.895 bits per heavy atom. The van der Waals surface area contributed by atoms with Crippen LogP contribution >= 0.6 is 11.6 Å². The monoisotopic (exact) mass is 535 g/mol. The Morgan fingerprint density at radius 2 is 1.58 bits per heavy atom. The number of nitrogens with one attached hydrogen (secondary N) is 1. The van der Waals surface area contributed by atoms with Crippen molar-refractivity contribution in [3.63, 3.8) is 0 Å². The summed E-state index contributed by atoms with van der Waals surface area (Å²) in [6.45, 7) is 5.36. The Morgan fingerprint density at radius 3 is 2.24 bits per heavy atom. The average molecular weight is 536 g/mol. The summed E-state index contributed by atoms with van der Waals surface area (Å²) in [4.78, 5) is 27.7. The summed E-state index contributed by atoms with van der Waals surface area (Å²) in [5.74, 6) is 0.816. The molecule has 38 heavy (non-hydrogen) atoms. The number of aromatic nitrogens is 1. The lowest BCUT2D eigenvalue weighted by molar-refractivity contribution is 0.102. The van der Waals surface area contributed by atoms with Crippen molar-refractivity contribution in [2.45, 2.75) is 20.4 Å². The molecule has 4 rings (SSSR count). The minimum atomic E-state index is -0.489. The second-order valence-electron chi connectivity index (χ2n) is 8.51. The number of halogens is 1. The number of amides is 2. The molecule has 0 fully saturated rings. The molecule has 3 aromatic carbocycles. The number of hydrogen-bond donors (Lipinski definition) is 1. The van der Waals surface area contributed by atoms with E-state index in [4.69, 9.17) is 25.8 Å². The predicted octanol–water partition coefficient (Wildman–Crippen LogP) is 6.45. The van der Waals surface area contributed by atoms with E-state index in [0.29, 0.717) is 47.4 Å². The molecule has 0 aliphatic carbocycles. The van der Waals surface area contributed by atoms with Crippen molar-refractivity contribution in [3.8, 4) is 17.2 Å². The normalized spacial score (nSPS) is 10.8. The number of carbonyl (C=O) groups excluding carboxylic acids is 2. The van der Waals surface area contributed by atoms with Gasteiger partial charge in [-0.05, 0) is 67.9 Å². The number of hydrogen-bond acceptors (Lipinski definition) is 5. The lowest BCUT2D eigenvalue weighted by Crippen LogP contribution is -2.33. The lowest BCUT2D eigenvalue weighted by atomic mass is 10.1. The fraction of sp³-hybridized carbons (Fsp3) is 0.241. The van der Waals surface area contributed by atoms with Crippen LogP contribution in [0.2, 0.25) is 5.02 Å². The van der Waals surface area contributed by atoms with Crippen molar-refractivity contribution in [2.24, 2.45) is 0 Å². The molecular formula is C29H30ClN3O5.